The van der Waals surface area contributed by atoms with Gasteiger partial charge in [0.2, 0.25) is 6.17 Å². The second-order valence-electron chi connectivity index (χ2n) is 2.64. The van der Waals surface area contributed by atoms with Crippen molar-refractivity contribution >= 4 is 6.72 Å². The number of hydrogen-bond donors (Lipinski definition) is 0. The van der Waals surface area contributed by atoms with Gasteiger partial charge in [-0.1, -0.05) is 0 Å². The number of quaternary nitrogens is 1. The molecule has 8 heavy (non-hydrogen) atoms. The lowest BCUT2D eigenvalue weighted by Crippen LogP contribution is -2.21. The molecule has 0 aliphatic carbocycles. The Balaban J connectivity index is 2.42. The highest BCUT2D eigenvalue weighted by molar-refractivity contribution is 5.24. The van der Waals surface area contributed by atoms with Crippen molar-refractivity contribution in [3.8, 4) is 0 Å². The SMILES string of the molecule is C=NC1C[N+]1(C)CC. The summed E-state index contributed by atoms with van der Waals surface area (Å²) < 4.78 is 1.10. The molecule has 0 N–H and O–H groups in total. The van der Waals surface area contributed by atoms with Gasteiger partial charge in [-0.2, -0.15) is 0 Å². The molecule has 0 aromatic rings. The van der Waals surface area contributed by atoms with E-state index in [1.54, 1.807) is 0 Å². The van der Waals surface area contributed by atoms with Gasteiger partial charge in [-0.3, -0.25) is 4.48 Å². The molecule has 0 bridgehead atoms. The van der Waals surface area contributed by atoms with Crippen molar-refractivity contribution in [1.29, 1.82) is 0 Å². The number of rotatable bonds is 2. The highest BCUT2D eigenvalue weighted by Crippen LogP contribution is 2.27. The lowest BCUT2D eigenvalue weighted by molar-refractivity contribution is -0.789. The van der Waals surface area contributed by atoms with Crippen LogP contribution in [0.2, 0.25) is 0 Å². The Morgan fingerprint density at radius 1 is 1.88 bits per heavy atom. The molecule has 2 unspecified atom stereocenters. The van der Waals surface area contributed by atoms with Crippen LogP contribution in [0.1, 0.15) is 6.92 Å². The molecule has 2 heteroatoms. The lowest BCUT2D eigenvalue weighted by Gasteiger charge is -2.06. The summed E-state index contributed by atoms with van der Waals surface area (Å²) in [6.45, 7) is 8.06. The van der Waals surface area contributed by atoms with Crippen LogP contribution in [0.4, 0.5) is 0 Å². The van der Waals surface area contributed by atoms with Gasteiger partial charge in [-0.25, -0.2) is 4.99 Å². The fraction of sp³-hybridized carbons (Fsp3) is 0.833. The number of likely N-dealkylation sites (N-methyl/N-ethyl adjacent to an activating group) is 1. The van der Waals surface area contributed by atoms with Crippen LogP contribution in [0.15, 0.2) is 4.99 Å². The first-order chi connectivity index (χ1) is 3.73. The van der Waals surface area contributed by atoms with E-state index in [1.165, 1.54) is 13.1 Å². The molecule has 1 aliphatic heterocycles. The van der Waals surface area contributed by atoms with Gasteiger partial charge in [0, 0.05) is 0 Å². The van der Waals surface area contributed by atoms with Gasteiger partial charge >= 0.3 is 0 Å². The molecular weight excluding hydrogens is 100 g/mol. The Morgan fingerprint density at radius 2 is 2.50 bits per heavy atom. The zero-order valence-corrected chi connectivity index (χ0v) is 5.59. The van der Waals surface area contributed by atoms with E-state index in [0.29, 0.717) is 6.17 Å². The average molecular weight is 113 g/mol. The fourth-order valence-electron chi connectivity index (χ4n) is 0.921. The highest BCUT2D eigenvalue weighted by Gasteiger charge is 2.49. The van der Waals surface area contributed by atoms with Gasteiger partial charge in [0.05, 0.1) is 13.6 Å². The first-order valence-electron chi connectivity index (χ1n) is 3.03. The van der Waals surface area contributed by atoms with Gasteiger partial charge in [0.15, 0.2) is 6.54 Å². The Kier molecular flexibility index (Phi) is 1.12. The minimum absolute atomic E-state index is 0.514. The van der Waals surface area contributed by atoms with Gasteiger partial charge in [-0.15, -0.1) is 0 Å². The summed E-state index contributed by atoms with van der Waals surface area (Å²) in [5, 5.41) is 0. The maximum atomic E-state index is 3.95. The monoisotopic (exact) mass is 113 g/mol. The van der Waals surface area contributed by atoms with Gasteiger partial charge in [-0.05, 0) is 13.6 Å². The largest absolute Gasteiger partial charge is 0.294 e. The van der Waals surface area contributed by atoms with E-state index >= 15 is 0 Å². The zero-order chi connectivity index (χ0) is 6.20. The zero-order valence-electron chi connectivity index (χ0n) is 5.59. The smallest absolute Gasteiger partial charge is 0.231 e. The Bertz CT molecular complexity index is 111. The first kappa shape index (κ1) is 5.76. The summed E-state index contributed by atoms with van der Waals surface area (Å²) in [4.78, 5) is 3.95. The molecule has 1 rings (SSSR count). The second kappa shape index (κ2) is 1.55. The Labute approximate surface area is 50.4 Å². The molecule has 1 fully saturated rings. The van der Waals surface area contributed by atoms with E-state index in [0.717, 1.165) is 4.48 Å². The minimum atomic E-state index is 0.514. The summed E-state index contributed by atoms with van der Waals surface area (Å²) in [7, 11) is 2.21. The number of hydrogen-bond acceptors (Lipinski definition) is 1. The van der Waals surface area contributed by atoms with Crippen molar-refractivity contribution in [2.24, 2.45) is 4.99 Å². The molecule has 0 aromatic carbocycles. The molecule has 0 saturated carbocycles. The summed E-state index contributed by atoms with van der Waals surface area (Å²) in [5.41, 5.74) is 0. The van der Waals surface area contributed by atoms with Gasteiger partial charge in [0.1, 0.15) is 0 Å². The predicted molar refractivity (Wildman–Crippen MR) is 34.9 cm³/mol. The van der Waals surface area contributed by atoms with Crippen molar-refractivity contribution in [1.82, 2.24) is 0 Å². The maximum Gasteiger partial charge on any atom is 0.231 e. The Morgan fingerprint density at radius 3 is 2.62 bits per heavy atom. The van der Waals surface area contributed by atoms with Crippen LogP contribution in [-0.4, -0.2) is 37.5 Å². The molecule has 0 aromatic heterocycles. The van der Waals surface area contributed by atoms with Gasteiger partial charge < -0.3 is 0 Å². The summed E-state index contributed by atoms with van der Waals surface area (Å²) >= 11 is 0. The van der Waals surface area contributed by atoms with E-state index in [2.05, 4.69) is 25.7 Å². The standard InChI is InChI=1S/C6H13N2/c1-4-8(3)5-6(8)7-2/h6H,2,4-5H2,1,3H3/q+1. The van der Waals surface area contributed by atoms with Crippen molar-refractivity contribution in [2.75, 3.05) is 20.1 Å². The van der Waals surface area contributed by atoms with Crippen molar-refractivity contribution in [3.05, 3.63) is 0 Å². The average Bonchev–Trinajstić information content (AvgIpc) is 2.44. The van der Waals surface area contributed by atoms with E-state index in [1.807, 2.05) is 0 Å². The molecule has 0 amide bonds. The molecule has 1 heterocycles. The summed E-state index contributed by atoms with van der Waals surface area (Å²) in [6.07, 6.45) is 0.514. The third kappa shape index (κ3) is 0.650. The highest BCUT2D eigenvalue weighted by atomic mass is 15.5. The molecule has 1 aliphatic rings. The van der Waals surface area contributed by atoms with Crippen LogP contribution in [0.25, 0.3) is 0 Å². The van der Waals surface area contributed by atoms with Crippen LogP contribution in [0.5, 0.6) is 0 Å². The molecule has 1 saturated heterocycles. The number of aliphatic imine (C=N–C) groups is 1. The fourth-order valence-corrected chi connectivity index (χ4v) is 0.921. The molecule has 2 atom stereocenters. The minimum Gasteiger partial charge on any atom is -0.294 e. The van der Waals surface area contributed by atoms with Crippen LogP contribution < -0.4 is 0 Å². The molecule has 46 valence electrons. The van der Waals surface area contributed by atoms with Crippen LogP contribution >= 0.6 is 0 Å². The van der Waals surface area contributed by atoms with Gasteiger partial charge in [0.25, 0.3) is 0 Å². The predicted octanol–water partition coefficient (Wildman–Crippen LogP) is 0.493. The number of nitrogens with zero attached hydrogens (tertiary/aromatic N) is 2. The topological polar surface area (TPSA) is 12.4 Å². The van der Waals surface area contributed by atoms with E-state index < -0.39 is 0 Å². The van der Waals surface area contributed by atoms with Crippen molar-refractivity contribution in [3.63, 3.8) is 0 Å². The van der Waals surface area contributed by atoms with Crippen molar-refractivity contribution < 1.29 is 4.48 Å². The van der Waals surface area contributed by atoms with Crippen LogP contribution in [-0.2, 0) is 0 Å². The van der Waals surface area contributed by atoms with E-state index in [-0.39, 0.29) is 0 Å². The Hall–Kier alpha value is -0.370. The third-order valence-electron chi connectivity index (χ3n) is 2.10. The molecule has 2 nitrogen and oxygen atoms in total. The molecule has 0 radical (unpaired) electrons. The maximum absolute atomic E-state index is 3.95. The normalized spacial score (nSPS) is 44.0. The van der Waals surface area contributed by atoms with Crippen LogP contribution in [0.3, 0.4) is 0 Å². The lowest BCUT2D eigenvalue weighted by atomic mass is 10.7. The summed E-state index contributed by atoms with van der Waals surface area (Å²) in [5.74, 6) is 0. The molecule has 0 spiro atoms. The van der Waals surface area contributed by atoms with Crippen LogP contribution in [0, 0.1) is 0 Å². The third-order valence-corrected chi connectivity index (χ3v) is 2.10. The van der Waals surface area contributed by atoms with Crippen molar-refractivity contribution in [2.45, 2.75) is 13.1 Å². The first-order valence-corrected chi connectivity index (χ1v) is 3.03. The second-order valence-corrected chi connectivity index (χ2v) is 2.64. The van der Waals surface area contributed by atoms with E-state index in [4.69, 9.17) is 0 Å². The molecular formula is C6H13N2+. The summed E-state index contributed by atoms with van der Waals surface area (Å²) in [6, 6.07) is 0. The van der Waals surface area contributed by atoms with E-state index in [9.17, 15) is 0 Å². The quantitative estimate of drug-likeness (QED) is 0.281.